The van der Waals surface area contributed by atoms with Gasteiger partial charge in [-0.05, 0) is 25.5 Å². The average Bonchev–Trinajstić information content (AvgIpc) is 2.99. The third-order valence-electron chi connectivity index (χ3n) is 4.36. The van der Waals surface area contributed by atoms with Crippen LogP contribution in [0.5, 0.6) is 0 Å². The molecule has 160 valence electrons. The quantitative estimate of drug-likeness (QED) is 0.469. The van der Waals surface area contributed by atoms with Gasteiger partial charge in [-0.3, -0.25) is 14.4 Å². The van der Waals surface area contributed by atoms with Crippen LogP contribution in [-0.4, -0.2) is 59.8 Å². The molecule has 0 unspecified atom stereocenters. The molecule has 0 aliphatic heterocycles. The number of carbonyl (C=O) groups excluding carboxylic acids is 3. The summed E-state index contributed by atoms with van der Waals surface area (Å²) in [5.74, 6) is -1.87. The number of benzene rings is 1. The zero-order chi connectivity index (χ0) is 22.3. The summed E-state index contributed by atoms with van der Waals surface area (Å²) < 4.78 is 10.8. The van der Waals surface area contributed by atoms with Crippen LogP contribution >= 0.6 is 11.6 Å². The first-order valence-corrected chi connectivity index (χ1v) is 9.52. The molecule has 8 nitrogen and oxygen atoms in total. The maximum atomic E-state index is 12.5. The fraction of sp³-hybridized carbons (Fsp3) is 0.333. The van der Waals surface area contributed by atoms with Gasteiger partial charge in [0.25, 0.3) is 0 Å². The van der Waals surface area contributed by atoms with Gasteiger partial charge in [0.1, 0.15) is 18.2 Å². The Morgan fingerprint density at radius 1 is 1.07 bits per heavy atom. The van der Waals surface area contributed by atoms with Gasteiger partial charge in [-0.25, -0.2) is 4.68 Å². The number of halogens is 1. The summed E-state index contributed by atoms with van der Waals surface area (Å²) in [6, 6.07) is 8.02. The van der Waals surface area contributed by atoms with Gasteiger partial charge >= 0.3 is 11.9 Å². The maximum absolute atomic E-state index is 12.5. The van der Waals surface area contributed by atoms with Crippen molar-refractivity contribution in [1.82, 2.24) is 14.7 Å². The van der Waals surface area contributed by atoms with Gasteiger partial charge in [-0.15, -0.1) is 0 Å². The molecule has 0 saturated carbocycles. The van der Waals surface area contributed by atoms with E-state index in [-0.39, 0.29) is 13.1 Å². The van der Waals surface area contributed by atoms with Crippen LogP contribution in [0.3, 0.4) is 0 Å². The second-order valence-electron chi connectivity index (χ2n) is 6.61. The molecular formula is C21H24ClN3O5. The Balaban J connectivity index is 2.19. The molecule has 1 aromatic heterocycles. The molecule has 0 spiro atoms. The number of carbonyl (C=O) groups is 3. The summed E-state index contributed by atoms with van der Waals surface area (Å²) in [5, 5.41) is 4.81. The zero-order valence-electron chi connectivity index (χ0n) is 17.3. The van der Waals surface area contributed by atoms with E-state index < -0.39 is 17.8 Å². The van der Waals surface area contributed by atoms with Gasteiger partial charge in [0.2, 0.25) is 5.91 Å². The molecule has 0 atom stereocenters. The molecule has 0 bridgehead atoms. The standard InChI is InChI=1S/C21H24ClN3O5/c1-14-5-7-16(8-6-14)11-25-21(22)17(15(2)23-25)9-10-18(26)24(12-19(27)29-3)13-20(28)30-4/h5-10H,11-13H2,1-4H3/b10-9+. The Morgan fingerprint density at radius 2 is 1.63 bits per heavy atom. The van der Waals surface area contributed by atoms with Gasteiger partial charge < -0.3 is 14.4 Å². The third kappa shape index (κ3) is 6.18. The number of amides is 1. The molecule has 0 aliphatic rings. The molecule has 0 aliphatic carbocycles. The van der Waals surface area contributed by atoms with Crippen LogP contribution in [0.4, 0.5) is 0 Å². The average molecular weight is 434 g/mol. The summed E-state index contributed by atoms with van der Waals surface area (Å²) in [4.78, 5) is 36.6. The van der Waals surface area contributed by atoms with Crippen molar-refractivity contribution in [1.29, 1.82) is 0 Å². The number of esters is 2. The summed E-state index contributed by atoms with van der Waals surface area (Å²) in [6.45, 7) is 3.52. The number of aryl methyl sites for hydroxylation is 2. The number of ether oxygens (including phenoxy) is 2. The van der Waals surface area contributed by atoms with E-state index in [1.165, 1.54) is 26.4 Å². The highest BCUT2D eigenvalue weighted by Gasteiger charge is 2.20. The first kappa shape index (κ1) is 23.2. The smallest absolute Gasteiger partial charge is 0.325 e. The molecule has 0 saturated heterocycles. The molecule has 0 fully saturated rings. The highest BCUT2D eigenvalue weighted by molar-refractivity contribution is 6.31. The van der Waals surface area contributed by atoms with Crippen LogP contribution in [0.15, 0.2) is 30.3 Å². The van der Waals surface area contributed by atoms with Crippen LogP contribution in [-0.2, 0) is 30.4 Å². The molecule has 2 aromatic rings. The molecule has 2 rings (SSSR count). The molecule has 9 heteroatoms. The SMILES string of the molecule is COC(=O)CN(CC(=O)OC)C(=O)/C=C/c1c(C)nn(Cc2ccc(C)cc2)c1Cl. The molecule has 0 N–H and O–H groups in total. The van der Waals surface area contributed by atoms with E-state index in [0.29, 0.717) is 23.0 Å². The monoisotopic (exact) mass is 433 g/mol. The van der Waals surface area contributed by atoms with Crippen molar-refractivity contribution >= 4 is 35.5 Å². The van der Waals surface area contributed by atoms with Crippen molar-refractivity contribution in [3.8, 4) is 0 Å². The van der Waals surface area contributed by atoms with Gasteiger partial charge in [-0.1, -0.05) is 41.4 Å². The van der Waals surface area contributed by atoms with Crippen molar-refractivity contribution in [2.45, 2.75) is 20.4 Å². The van der Waals surface area contributed by atoms with Crippen LogP contribution < -0.4 is 0 Å². The van der Waals surface area contributed by atoms with Gasteiger partial charge in [0, 0.05) is 11.6 Å². The Morgan fingerprint density at radius 3 is 2.17 bits per heavy atom. The third-order valence-corrected chi connectivity index (χ3v) is 4.76. The van der Waals surface area contributed by atoms with Crippen molar-refractivity contribution in [2.75, 3.05) is 27.3 Å². The Kier molecular flexibility index (Phi) is 8.17. The number of methoxy groups -OCH3 is 2. The highest BCUT2D eigenvalue weighted by Crippen LogP contribution is 2.22. The van der Waals surface area contributed by atoms with Crippen molar-refractivity contribution in [3.63, 3.8) is 0 Å². The van der Waals surface area contributed by atoms with E-state index in [0.717, 1.165) is 16.0 Å². The number of rotatable bonds is 8. The molecule has 1 amide bonds. The van der Waals surface area contributed by atoms with Crippen molar-refractivity contribution < 1.29 is 23.9 Å². The van der Waals surface area contributed by atoms with Crippen molar-refractivity contribution in [3.05, 3.63) is 57.9 Å². The lowest BCUT2D eigenvalue weighted by Crippen LogP contribution is -2.39. The van der Waals surface area contributed by atoms with E-state index in [4.69, 9.17) is 11.6 Å². The van der Waals surface area contributed by atoms with Gasteiger partial charge in [0.15, 0.2) is 0 Å². The fourth-order valence-corrected chi connectivity index (χ4v) is 2.94. The predicted octanol–water partition coefficient (Wildman–Crippen LogP) is 2.39. The Bertz CT molecular complexity index is 932. The summed E-state index contributed by atoms with van der Waals surface area (Å²) in [7, 11) is 2.40. The van der Waals surface area contributed by atoms with Gasteiger partial charge in [-0.2, -0.15) is 5.10 Å². The number of nitrogens with zero attached hydrogens (tertiary/aromatic N) is 3. The first-order valence-electron chi connectivity index (χ1n) is 9.14. The summed E-state index contributed by atoms with van der Waals surface area (Å²) in [6.07, 6.45) is 2.75. The van der Waals surface area contributed by atoms with Crippen molar-refractivity contribution in [2.24, 2.45) is 0 Å². The fourth-order valence-electron chi connectivity index (χ4n) is 2.64. The number of hydrogen-bond acceptors (Lipinski definition) is 6. The van der Waals surface area contributed by atoms with Crippen LogP contribution in [0.2, 0.25) is 5.15 Å². The second-order valence-corrected chi connectivity index (χ2v) is 6.97. The number of hydrogen-bond donors (Lipinski definition) is 0. The van der Waals surface area contributed by atoms with E-state index >= 15 is 0 Å². The Labute approximate surface area is 180 Å². The molecular weight excluding hydrogens is 410 g/mol. The first-order chi connectivity index (χ1) is 14.2. The van der Waals surface area contributed by atoms with Crippen LogP contribution in [0, 0.1) is 13.8 Å². The minimum atomic E-state index is -0.652. The van der Waals surface area contributed by atoms with E-state index in [1.54, 1.807) is 11.6 Å². The topological polar surface area (TPSA) is 90.7 Å². The highest BCUT2D eigenvalue weighted by atomic mass is 35.5. The molecule has 30 heavy (non-hydrogen) atoms. The van der Waals surface area contributed by atoms with Crippen LogP contribution in [0.25, 0.3) is 6.08 Å². The summed E-state index contributed by atoms with van der Waals surface area (Å²) in [5.41, 5.74) is 3.42. The normalized spacial score (nSPS) is 10.8. The van der Waals surface area contributed by atoms with Crippen LogP contribution in [0.1, 0.15) is 22.4 Å². The zero-order valence-corrected chi connectivity index (χ0v) is 18.1. The lowest BCUT2D eigenvalue weighted by atomic mass is 10.1. The maximum Gasteiger partial charge on any atom is 0.325 e. The lowest BCUT2D eigenvalue weighted by molar-refractivity contribution is -0.150. The lowest BCUT2D eigenvalue weighted by Gasteiger charge is -2.18. The molecule has 1 aromatic carbocycles. The molecule has 1 heterocycles. The van der Waals surface area contributed by atoms with Gasteiger partial charge in [0.05, 0.1) is 26.5 Å². The number of aromatic nitrogens is 2. The molecule has 0 radical (unpaired) electrons. The van der Waals surface area contributed by atoms with E-state index in [9.17, 15) is 14.4 Å². The largest absolute Gasteiger partial charge is 0.468 e. The van der Waals surface area contributed by atoms with E-state index in [1.807, 2.05) is 31.2 Å². The minimum absolute atomic E-state index is 0.379. The second kappa shape index (κ2) is 10.6. The Hall–Kier alpha value is -3.13. The minimum Gasteiger partial charge on any atom is -0.468 e. The summed E-state index contributed by atoms with van der Waals surface area (Å²) >= 11 is 6.46. The predicted molar refractivity (Wildman–Crippen MR) is 112 cm³/mol. The van der Waals surface area contributed by atoms with E-state index in [2.05, 4.69) is 14.6 Å².